The van der Waals surface area contributed by atoms with Crippen LogP contribution in [0.3, 0.4) is 0 Å². The smallest absolute Gasteiger partial charge is 0.253 e. The lowest BCUT2D eigenvalue weighted by Crippen LogP contribution is -2.54. The van der Waals surface area contributed by atoms with E-state index in [2.05, 4.69) is 4.90 Å². The second-order valence-electron chi connectivity index (χ2n) is 8.87. The van der Waals surface area contributed by atoms with Gasteiger partial charge in [0.2, 0.25) is 5.91 Å². The van der Waals surface area contributed by atoms with E-state index in [0.29, 0.717) is 43.2 Å². The molecule has 0 radical (unpaired) electrons. The Morgan fingerprint density at radius 3 is 2.35 bits per heavy atom. The summed E-state index contributed by atoms with van der Waals surface area (Å²) in [5, 5.41) is 0.538. The van der Waals surface area contributed by atoms with Crippen LogP contribution in [-0.2, 0) is 14.6 Å². The van der Waals surface area contributed by atoms with Gasteiger partial charge in [-0.3, -0.25) is 14.5 Å². The maximum absolute atomic E-state index is 13.3. The zero-order valence-electron chi connectivity index (χ0n) is 17.7. The first-order valence-electron chi connectivity index (χ1n) is 11.1. The Balaban J connectivity index is 1.35. The van der Waals surface area contributed by atoms with Crippen molar-refractivity contribution in [3.8, 4) is 0 Å². The molecule has 1 unspecified atom stereocenters. The van der Waals surface area contributed by atoms with Crippen molar-refractivity contribution in [2.75, 3.05) is 44.2 Å². The number of carbonyl (C=O) groups is 2. The number of amides is 2. The molecule has 1 aliphatic carbocycles. The van der Waals surface area contributed by atoms with Gasteiger partial charge in [0.05, 0.1) is 18.1 Å². The summed E-state index contributed by atoms with van der Waals surface area (Å²) in [6.45, 7) is 2.64. The van der Waals surface area contributed by atoms with Gasteiger partial charge in [-0.25, -0.2) is 8.42 Å². The number of piperazine rings is 1. The summed E-state index contributed by atoms with van der Waals surface area (Å²) in [7, 11) is -3.04. The number of nitrogens with zero attached hydrogens (tertiary/aromatic N) is 3. The molecule has 1 atom stereocenters. The number of hydrogen-bond acceptors (Lipinski definition) is 5. The number of hydrogen-bond donors (Lipinski definition) is 0. The standard InChI is InChI=1S/C22H30ClN3O4S/c23-18-5-3-4-17(14-18)22(28)25-11-9-24(10-12-25)15-21(27)26(19-6-1-2-7-19)20-8-13-31(29,30)16-20/h3-5,14,19-20H,1-2,6-13,15-16H2. The number of rotatable bonds is 5. The van der Waals surface area contributed by atoms with Crippen LogP contribution in [0.1, 0.15) is 42.5 Å². The Bertz CT molecular complexity index is 924. The van der Waals surface area contributed by atoms with Crippen LogP contribution in [0.4, 0.5) is 0 Å². The Kier molecular flexibility index (Phi) is 6.89. The van der Waals surface area contributed by atoms with Gasteiger partial charge in [0.15, 0.2) is 9.84 Å². The number of halogens is 1. The first kappa shape index (κ1) is 22.6. The molecule has 0 bridgehead atoms. The van der Waals surface area contributed by atoms with Gasteiger partial charge in [-0.05, 0) is 37.5 Å². The van der Waals surface area contributed by atoms with E-state index >= 15 is 0 Å². The maximum atomic E-state index is 13.3. The lowest BCUT2D eigenvalue weighted by molar-refractivity contribution is -0.137. The van der Waals surface area contributed by atoms with Gasteiger partial charge < -0.3 is 9.80 Å². The summed E-state index contributed by atoms with van der Waals surface area (Å²) in [5.41, 5.74) is 0.576. The highest BCUT2D eigenvalue weighted by Crippen LogP contribution is 2.29. The van der Waals surface area contributed by atoms with Crippen LogP contribution in [-0.4, -0.2) is 91.2 Å². The van der Waals surface area contributed by atoms with Crippen molar-refractivity contribution in [2.24, 2.45) is 0 Å². The molecular weight excluding hydrogens is 438 g/mol. The third kappa shape index (κ3) is 5.41. The average Bonchev–Trinajstić information content (AvgIpc) is 3.38. The summed E-state index contributed by atoms with van der Waals surface area (Å²) < 4.78 is 24.0. The van der Waals surface area contributed by atoms with E-state index in [9.17, 15) is 18.0 Å². The van der Waals surface area contributed by atoms with Gasteiger partial charge in [-0.15, -0.1) is 0 Å². The molecule has 2 aliphatic heterocycles. The van der Waals surface area contributed by atoms with E-state index in [1.165, 1.54) is 0 Å². The molecule has 0 spiro atoms. The van der Waals surface area contributed by atoms with E-state index in [-0.39, 0.29) is 41.9 Å². The fraction of sp³-hybridized carbons (Fsp3) is 0.636. The molecule has 1 aromatic rings. The van der Waals surface area contributed by atoms with Crippen molar-refractivity contribution < 1.29 is 18.0 Å². The molecule has 0 N–H and O–H groups in total. The highest BCUT2D eigenvalue weighted by molar-refractivity contribution is 7.91. The lowest BCUT2D eigenvalue weighted by atomic mass is 10.1. The van der Waals surface area contributed by atoms with E-state index in [1.54, 1.807) is 29.2 Å². The van der Waals surface area contributed by atoms with Crippen LogP contribution in [0.5, 0.6) is 0 Å². The molecule has 3 aliphatic rings. The van der Waals surface area contributed by atoms with Crippen molar-refractivity contribution >= 4 is 33.3 Å². The SMILES string of the molecule is O=C(c1cccc(Cl)c1)N1CCN(CC(=O)N(C2CCCC2)C2CCS(=O)(=O)C2)CC1. The second-order valence-corrected chi connectivity index (χ2v) is 11.5. The zero-order chi connectivity index (χ0) is 22.0. The summed E-state index contributed by atoms with van der Waals surface area (Å²) in [6.07, 6.45) is 4.66. The molecule has 1 aromatic carbocycles. The van der Waals surface area contributed by atoms with Crippen molar-refractivity contribution in [3.63, 3.8) is 0 Å². The molecule has 2 amide bonds. The van der Waals surface area contributed by atoms with E-state index in [4.69, 9.17) is 11.6 Å². The van der Waals surface area contributed by atoms with Crippen molar-refractivity contribution in [1.82, 2.24) is 14.7 Å². The predicted octanol–water partition coefficient (Wildman–Crippen LogP) is 2.06. The van der Waals surface area contributed by atoms with Crippen LogP contribution < -0.4 is 0 Å². The van der Waals surface area contributed by atoms with Gasteiger partial charge in [0.1, 0.15) is 0 Å². The average molecular weight is 468 g/mol. The van der Waals surface area contributed by atoms with Gasteiger partial charge in [0.25, 0.3) is 5.91 Å². The third-order valence-corrected chi connectivity index (χ3v) is 8.68. The molecule has 7 nitrogen and oxygen atoms in total. The maximum Gasteiger partial charge on any atom is 0.253 e. The molecule has 170 valence electrons. The Labute approximate surface area is 189 Å². The van der Waals surface area contributed by atoms with Crippen LogP contribution >= 0.6 is 11.6 Å². The van der Waals surface area contributed by atoms with Crippen molar-refractivity contribution in [1.29, 1.82) is 0 Å². The predicted molar refractivity (Wildman–Crippen MR) is 120 cm³/mol. The van der Waals surface area contributed by atoms with Crippen LogP contribution in [0.15, 0.2) is 24.3 Å². The fourth-order valence-corrected chi connectivity index (χ4v) is 6.97. The summed E-state index contributed by atoms with van der Waals surface area (Å²) in [5.74, 6) is 0.260. The van der Waals surface area contributed by atoms with E-state index < -0.39 is 9.84 Å². The summed E-state index contributed by atoms with van der Waals surface area (Å²) in [4.78, 5) is 31.8. The molecular formula is C22H30ClN3O4S. The second kappa shape index (κ2) is 9.46. The van der Waals surface area contributed by atoms with Gasteiger partial charge in [-0.2, -0.15) is 0 Å². The number of carbonyl (C=O) groups excluding carboxylic acids is 2. The molecule has 3 fully saturated rings. The summed E-state index contributed by atoms with van der Waals surface area (Å²) >= 11 is 6.00. The minimum Gasteiger partial charge on any atom is -0.336 e. The minimum atomic E-state index is -3.04. The monoisotopic (exact) mass is 467 g/mol. The highest BCUT2D eigenvalue weighted by Gasteiger charge is 2.39. The molecule has 2 heterocycles. The summed E-state index contributed by atoms with van der Waals surface area (Å²) in [6, 6.07) is 6.93. The molecule has 2 saturated heterocycles. The first-order chi connectivity index (χ1) is 14.8. The fourth-order valence-electron chi connectivity index (χ4n) is 5.07. The Morgan fingerprint density at radius 1 is 1.03 bits per heavy atom. The van der Waals surface area contributed by atoms with Gasteiger partial charge in [0, 0.05) is 48.8 Å². The van der Waals surface area contributed by atoms with Crippen LogP contribution in [0, 0.1) is 0 Å². The molecule has 1 saturated carbocycles. The van der Waals surface area contributed by atoms with E-state index in [0.717, 1.165) is 25.7 Å². The Morgan fingerprint density at radius 2 is 1.74 bits per heavy atom. The zero-order valence-corrected chi connectivity index (χ0v) is 19.3. The van der Waals surface area contributed by atoms with Crippen molar-refractivity contribution in [3.05, 3.63) is 34.9 Å². The molecule has 31 heavy (non-hydrogen) atoms. The Hall–Kier alpha value is -1.64. The molecule has 4 rings (SSSR count). The van der Waals surface area contributed by atoms with Crippen LogP contribution in [0.25, 0.3) is 0 Å². The molecule has 9 heteroatoms. The lowest BCUT2D eigenvalue weighted by Gasteiger charge is -2.38. The quantitative estimate of drug-likeness (QED) is 0.662. The normalized spacial score (nSPS) is 24.4. The molecule has 0 aromatic heterocycles. The first-order valence-corrected chi connectivity index (χ1v) is 13.3. The topological polar surface area (TPSA) is 78.0 Å². The van der Waals surface area contributed by atoms with Crippen molar-refractivity contribution in [2.45, 2.75) is 44.2 Å². The minimum absolute atomic E-state index is 0.0311. The third-order valence-electron chi connectivity index (χ3n) is 6.70. The number of benzene rings is 1. The van der Waals surface area contributed by atoms with Gasteiger partial charge >= 0.3 is 0 Å². The van der Waals surface area contributed by atoms with Gasteiger partial charge in [-0.1, -0.05) is 30.5 Å². The highest BCUT2D eigenvalue weighted by atomic mass is 35.5. The van der Waals surface area contributed by atoms with Crippen LogP contribution in [0.2, 0.25) is 5.02 Å². The van der Waals surface area contributed by atoms with E-state index in [1.807, 2.05) is 4.90 Å². The number of sulfone groups is 1. The largest absolute Gasteiger partial charge is 0.336 e.